The molecule has 0 fully saturated rings. The molecule has 0 atom stereocenters. The summed E-state index contributed by atoms with van der Waals surface area (Å²) in [4.78, 5) is 11.1. The summed E-state index contributed by atoms with van der Waals surface area (Å²) in [6.07, 6.45) is 3.34. The Hall–Kier alpha value is -1.51. The van der Waals surface area contributed by atoms with Gasteiger partial charge in [0.2, 0.25) is 0 Å². The summed E-state index contributed by atoms with van der Waals surface area (Å²) >= 11 is 0. The van der Waals surface area contributed by atoms with Crippen molar-refractivity contribution in [2.24, 2.45) is 0 Å². The van der Waals surface area contributed by atoms with Crippen molar-refractivity contribution < 1.29 is 14.3 Å². The fourth-order valence-electron chi connectivity index (χ4n) is 1.68. The van der Waals surface area contributed by atoms with Gasteiger partial charge in [0, 0.05) is 6.42 Å². The maximum Gasteiger partial charge on any atom is 0.305 e. The molecule has 1 aromatic rings. The van der Waals surface area contributed by atoms with Crippen LogP contribution < -0.4 is 4.74 Å². The van der Waals surface area contributed by atoms with Crippen LogP contribution >= 0.6 is 0 Å². The van der Waals surface area contributed by atoms with Gasteiger partial charge in [0.05, 0.1) is 13.2 Å². The average Bonchev–Trinajstić information content (AvgIpc) is 2.34. The number of carbonyl (C=O) groups is 1. The molecule has 0 N–H and O–H groups in total. The lowest BCUT2D eigenvalue weighted by molar-refractivity contribution is -0.143. The van der Waals surface area contributed by atoms with Crippen LogP contribution in [0.4, 0.5) is 0 Å². The number of ether oxygens (including phenoxy) is 2. The van der Waals surface area contributed by atoms with Crippen LogP contribution in [0.3, 0.4) is 0 Å². The van der Waals surface area contributed by atoms with Crippen molar-refractivity contribution in [3.05, 3.63) is 29.8 Å². The van der Waals surface area contributed by atoms with Crippen LogP contribution in [0.1, 0.15) is 38.2 Å². The lowest BCUT2D eigenvalue weighted by Crippen LogP contribution is -2.04. The predicted molar refractivity (Wildman–Crippen MR) is 71.8 cm³/mol. The molecule has 0 saturated carbocycles. The third-order valence-corrected chi connectivity index (χ3v) is 2.59. The zero-order valence-corrected chi connectivity index (χ0v) is 11.3. The molecule has 0 aliphatic rings. The van der Waals surface area contributed by atoms with Crippen molar-refractivity contribution in [1.82, 2.24) is 0 Å². The molecular formula is C15H22O3. The van der Waals surface area contributed by atoms with Gasteiger partial charge in [-0.3, -0.25) is 4.79 Å². The summed E-state index contributed by atoms with van der Waals surface area (Å²) in [5.74, 6) is 0.817. The molecule has 3 nitrogen and oxygen atoms in total. The molecule has 0 heterocycles. The van der Waals surface area contributed by atoms with Gasteiger partial charge in [-0.1, -0.05) is 12.1 Å². The first-order chi connectivity index (χ1) is 8.72. The second kappa shape index (κ2) is 8.56. The highest BCUT2D eigenvalue weighted by Crippen LogP contribution is 2.13. The van der Waals surface area contributed by atoms with E-state index in [1.165, 1.54) is 5.56 Å². The Balaban J connectivity index is 2.04. The standard InChI is InChI=1S/C15H22O3/c1-3-17-15(16)10-5-4-6-11-18-14-9-7-8-13(2)12-14/h7-9,12H,3-6,10-11H2,1-2H3. The number of esters is 1. The highest BCUT2D eigenvalue weighted by atomic mass is 16.5. The second-order valence-corrected chi connectivity index (χ2v) is 4.28. The smallest absolute Gasteiger partial charge is 0.305 e. The van der Waals surface area contributed by atoms with Gasteiger partial charge in [0.25, 0.3) is 0 Å². The minimum atomic E-state index is -0.0999. The third-order valence-electron chi connectivity index (χ3n) is 2.59. The number of hydrogen-bond donors (Lipinski definition) is 0. The first kappa shape index (κ1) is 14.6. The molecular weight excluding hydrogens is 228 g/mol. The van der Waals surface area contributed by atoms with E-state index in [9.17, 15) is 4.79 Å². The minimum Gasteiger partial charge on any atom is -0.494 e. The van der Waals surface area contributed by atoms with Crippen molar-refractivity contribution >= 4 is 5.97 Å². The molecule has 0 aromatic heterocycles. The van der Waals surface area contributed by atoms with Gasteiger partial charge in [-0.25, -0.2) is 0 Å². The van der Waals surface area contributed by atoms with Gasteiger partial charge in [-0.05, 0) is 50.8 Å². The predicted octanol–water partition coefficient (Wildman–Crippen LogP) is 3.50. The lowest BCUT2D eigenvalue weighted by atomic mass is 10.2. The second-order valence-electron chi connectivity index (χ2n) is 4.28. The summed E-state index contributed by atoms with van der Waals surface area (Å²) in [5.41, 5.74) is 1.20. The van der Waals surface area contributed by atoms with Crippen LogP contribution in [0.2, 0.25) is 0 Å². The summed E-state index contributed by atoms with van der Waals surface area (Å²) in [6.45, 7) is 5.04. The molecule has 0 radical (unpaired) electrons. The highest BCUT2D eigenvalue weighted by Gasteiger charge is 2.00. The summed E-state index contributed by atoms with van der Waals surface area (Å²) in [6, 6.07) is 8.03. The molecule has 0 bridgehead atoms. The van der Waals surface area contributed by atoms with Gasteiger partial charge in [-0.2, -0.15) is 0 Å². The summed E-state index contributed by atoms with van der Waals surface area (Å²) in [7, 11) is 0. The zero-order chi connectivity index (χ0) is 13.2. The van der Waals surface area contributed by atoms with Gasteiger partial charge in [0.1, 0.15) is 5.75 Å². The Morgan fingerprint density at radius 2 is 2.06 bits per heavy atom. The van der Waals surface area contributed by atoms with Crippen molar-refractivity contribution in [2.75, 3.05) is 13.2 Å². The van der Waals surface area contributed by atoms with E-state index in [0.717, 1.165) is 25.0 Å². The Labute approximate surface area is 109 Å². The third kappa shape index (κ3) is 6.28. The number of hydrogen-bond acceptors (Lipinski definition) is 3. The Morgan fingerprint density at radius 3 is 2.78 bits per heavy atom. The molecule has 3 heteroatoms. The Morgan fingerprint density at radius 1 is 1.22 bits per heavy atom. The first-order valence-electron chi connectivity index (χ1n) is 6.57. The normalized spacial score (nSPS) is 10.1. The van der Waals surface area contributed by atoms with Crippen LogP contribution in [0.25, 0.3) is 0 Å². The van der Waals surface area contributed by atoms with Gasteiger partial charge >= 0.3 is 5.97 Å². The minimum absolute atomic E-state index is 0.0999. The number of benzene rings is 1. The van der Waals surface area contributed by atoms with Gasteiger partial charge < -0.3 is 9.47 Å². The number of rotatable bonds is 8. The summed E-state index contributed by atoms with van der Waals surface area (Å²) in [5, 5.41) is 0. The van der Waals surface area contributed by atoms with Crippen LogP contribution in [0.5, 0.6) is 5.75 Å². The van der Waals surface area contributed by atoms with E-state index < -0.39 is 0 Å². The number of aryl methyl sites for hydroxylation is 1. The maximum atomic E-state index is 11.1. The van der Waals surface area contributed by atoms with E-state index >= 15 is 0 Å². The van der Waals surface area contributed by atoms with Crippen molar-refractivity contribution in [3.63, 3.8) is 0 Å². The maximum absolute atomic E-state index is 11.1. The molecule has 0 unspecified atom stereocenters. The molecule has 1 aromatic carbocycles. The number of carbonyl (C=O) groups excluding carboxylic acids is 1. The van der Waals surface area contributed by atoms with Crippen molar-refractivity contribution in [3.8, 4) is 5.75 Å². The molecule has 0 aliphatic carbocycles. The molecule has 0 saturated heterocycles. The van der Waals surface area contributed by atoms with E-state index in [4.69, 9.17) is 9.47 Å². The number of unbranched alkanes of at least 4 members (excludes halogenated alkanes) is 2. The Kier molecular flexibility index (Phi) is 6.92. The molecule has 18 heavy (non-hydrogen) atoms. The molecule has 1 rings (SSSR count). The van der Waals surface area contributed by atoms with E-state index in [2.05, 4.69) is 0 Å². The molecule has 0 spiro atoms. The van der Waals surface area contributed by atoms with Crippen LogP contribution in [0.15, 0.2) is 24.3 Å². The van der Waals surface area contributed by atoms with E-state index in [0.29, 0.717) is 19.6 Å². The van der Waals surface area contributed by atoms with E-state index in [-0.39, 0.29) is 5.97 Å². The quantitative estimate of drug-likeness (QED) is 0.523. The monoisotopic (exact) mass is 250 g/mol. The molecule has 0 amide bonds. The first-order valence-corrected chi connectivity index (χ1v) is 6.57. The fraction of sp³-hybridized carbons (Fsp3) is 0.533. The zero-order valence-electron chi connectivity index (χ0n) is 11.3. The highest BCUT2D eigenvalue weighted by molar-refractivity contribution is 5.69. The topological polar surface area (TPSA) is 35.5 Å². The molecule has 0 aliphatic heterocycles. The van der Waals surface area contributed by atoms with Crippen LogP contribution in [-0.4, -0.2) is 19.2 Å². The van der Waals surface area contributed by atoms with Crippen molar-refractivity contribution in [2.45, 2.75) is 39.5 Å². The van der Waals surface area contributed by atoms with E-state index in [1.807, 2.05) is 38.1 Å². The van der Waals surface area contributed by atoms with Crippen LogP contribution in [0, 0.1) is 6.92 Å². The summed E-state index contributed by atoms with van der Waals surface area (Å²) < 4.78 is 10.5. The van der Waals surface area contributed by atoms with Gasteiger partial charge in [-0.15, -0.1) is 0 Å². The SMILES string of the molecule is CCOC(=O)CCCCCOc1cccc(C)c1. The van der Waals surface area contributed by atoms with Crippen molar-refractivity contribution in [1.29, 1.82) is 0 Å². The largest absolute Gasteiger partial charge is 0.494 e. The average molecular weight is 250 g/mol. The Bertz CT molecular complexity index is 361. The molecule has 100 valence electrons. The van der Waals surface area contributed by atoms with Gasteiger partial charge in [0.15, 0.2) is 0 Å². The fourth-order valence-corrected chi connectivity index (χ4v) is 1.68. The van der Waals surface area contributed by atoms with Crippen LogP contribution in [-0.2, 0) is 9.53 Å². The lowest BCUT2D eigenvalue weighted by Gasteiger charge is -2.06. The van der Waals surface area contributed by atoms with E-state index in [1.54, 1.807) is 0 Å².